The van der Waals surface area contributed by atoms with Gasteiger partial charge in [0.05, 0.1) is 0 Å². The Bertz CT molecular complexity index is 529. The van der Waals surface area contributed by atoms with Crippen molar-refractivity contribution in [1.29, 1.82) is 0 Å². The van der Waals surface area contributed by atoms with E-state index in [1.54, 1.807) is 60.7 Å². The molecule has 22 heavy (non-hydrogen) atoms. The summed E-state index contributed by atoms with van der Waals surface area (Å²) >= 11 is -2.48. The Kier molecular flexibility index (Phi) is 6.64. The van der Waals surface area contributed by atoms with Crippen LogP contribution in [-0.4, -0.2) is 16.9 Å². The Hall–Kier alpha value is -1.63. The summed E-state index contributed by atoms with van der Waals surface area (Å²) in [7, 11) is 0. The number of hydrogen-bond acceptors (Lipinski definition) is 3. The molecule has 0 amide bonds. The van der Waals surface area contributed by atoms with Crippen LogP contribution in [0.15, 0.2) is 60.7 Å². The zero-order chi connectivity index (χ0) is 15.8. The van der Waals surface area contributed by atoms with Crippen molar-refractivity contribution in [1.82, 2.24) is 0 Å². The maximum Gasteiger partial charge on any atom is 0.310 e. The molecular weight excluding hydrogens is 310 g/mol. The van der Waals surface area contributed by atoms with Gasteiger partial charge in [0.25, 0.3) is 0 Å². The first kappa shape index (κ1) is 16.7. The van der Waals surface area contributed by atoms with Gasteiger partial charge in [0, 0.05) is 12.8 Å². The molecule has 6 heteroatoms. The highest BCUT2D eigenvalue weighted by atomic mass is 32.2. The van der Waals surface area contributed by atoms with Crippen molar-refractivity contribution in [3.05, 3.63) is 71.8 Å². The molecule has 0 aliphatic rings. The summed E-state index contributed by atoms with van der Waals surface area (Å²) in [6, 6.07) is 17.5. The highest BCUT2D eigenvalue weighted by Crippen LogP contribution is 2.12. The molecule has 0 aromatic heterocycles. The van der Waals surface area contributed by atoms with Gasteiger partial charge in [0.2, 0.25) is 12.7 Å². The normalized spacial score (nSPS) is 15.2. The van der Waals surface area contributed by atoms with E-state index >= 15 is 0 Å². The van der Waals surface area contributed by atoms with Gasteiger partial charge >= 0.3 is 11.4 Å². The van der Waals surface area contributed by atoms with Gasteiger partial charge < -0.3 is 0 Å². The monoisotopic (exact) mass is 326 g/mol. The number of rotatable bonds is 8. The smallest absolute Gasteiger partial charge is 0.231 e. The van der Waals surface area contributed by atoms with Gasteiger partial charge in [-0.25, -0.2) is 17.1 Å². The predicted octanol–water partition coefficient (Wildman–Crippen LogP) is 3.67. The molecule has 0 aliphatic carbocycles. The molecule has 2 aromatic carbocycles. The molecular formula is C16H16F2O3S. The van der Waals surface area contributed by atoms with E-state index in [0.29, 0.717) is 11.1 Å². The van der Waals surface area contributed by atoms with E-state index in [2.05, 4.69) is 8.37 Å². The van der Waals surface area contributed by atoms with Crippen LogP contribution in [0.1, 0.15) is 11.1 Å². The molecule has 118 valence electrons. The fourth-order valence-electron chi connectivity index (χ4n) is 1.86. The van der Waals surface area contributed by atoms with Crippen LogP contribution in [0.5, 0.6) is 0 Å². The predicted molar refractivity (Wildman–Crippen MR) is 80.4 cm³/mol. The van der Waals surface area contributed by atoms with Crippen LogP contribution in [0.3, 0.4) is 0 Å². The van der Waals surface area contributed by atoms with E-state index in [1.807, 2.05) is 0 Å². The van der Waals surface area contributed by atoms with Crippen molar-refractivity contribution in [2.45, 2.75) is 25.6 Å². The molecule has 3 nitrogen and oxygen atoms in total. The summed E-state index contributed by atoms with van der Waals surface area (Å²) in [6.07, 6.45) is -3.81. The summed E-state index contributed by atoms with van der Waals surface area (Å²) in [5, 5.41) is 0. The Morgan fingerprint density at radius 2 is 1.14 bits per heavy atom. The third-order valence-corrected chi connectivity index (χ3v) is 3.58. The van der Waals surface area contributed by atoms with E-state index < -0.39 is 24.1 Å². The lowest BCUT2D eigenvalue weighted by atomic mass is 10.2. The van der Waals surface area contributed by atoms with Crippen LogP contribution in [0.4, 0.5) is 8.78 Å². The summed E-state index contributed by atoms with van der Waals surface area (Å²) in [5.41, 5.74) is 1.38. The lowest BCUT2D eigenvalue weighted by Gasteiger charge is -2.11. The molecule has 0 N–H and O–H groups in total. The summed E-state index contributed by atoms with van der Waals surface area (Å²) in [4.78, 5) is 0. The molecule has 0 bridgehead atoms. The molecule has 2 unspecified atom stereocenters. The van der Waals surface area contributed by atoms with Crippen molar-refractivity contribution in [2.75, 3.05) is 0 Å². The largest absolute Gasteiger partial charge is 0.310 e. The molecule has 0 fully saturated rings. The third-order valence-electron chi connectivity index (χ3n) is 2.84. The maximum atomic E-state index is 13.6. The Labute approximate surface area is 130 Å². The molecule has 0 saturated carbocycles. The first-order valence-electron chi connectivity index (χ1n) is 6.75. The minimum absolute atomic E-state index is 0.0778. The summed E-state index contributed by atoms with van der Waals surface area (Å²) in [6.45, 7) is 0. The number of halogens is 2. The van der Waals surface area contributed by atoms with Gasteiger partial charge in [-0.15, -0.1) is 0 Å². The average Bonchev–Trinajstić information content (AvgIpc) is 2.48. The first-order chi connectivity index (χ1) is 10.6. The van der Waals surface area contributed by atoms with Crippen molar-refractivity contribution in [3.8, 4) is 0 Å². The molecule has 0 spiro atoms. The minimum Gasteiger partial charge on any atom is -0.231 e. The standard InChI is InChI=1S/C16H16F2O3S/c17-15(11-13-7-3-1-4-8-13)20-22(19)21-16(18)12-14-9-5-2-6-10-14/h1-10,15-16H,11-12H2. The second-order valence-corrected chi connectivity index (χ2v) is 5.39. The van der Waals surface area contributed by atoms with E-state index in [9.17, 15) is 13.0 Å². The minimum atomic E-state index is -2.48. The van der Waals surface area contributed by atoms with E-state index in [1.165, 1.54) is 0 Å². The summed E-state index contributed by atoms with van der Waals surface area (Å²) in [5.74, 6) is 0. The molecule has 2 atom stereocenters. The molecule has 0 radical (unpaired) electrons. The summed E-state index contributed by atoms with van der Waals surface area (Å²) < 4.78 is 47.6. The number of hydrogen-bond donors (Lipinski definition) is 0. The van der Waals surface area contributed by atoms with E-state index in [0.717, 1.165) is 0 Å². The SMILES string of the molecule is O=S(OC(F)Cc1ccccc1)OC(F)Cc1ccccc1. The second kappa shape index (κ2) is 8.73. The second-order valence-electron chi connectivity index (χ2n) is 4.60. The zero-order valence-corrected chi connectivity index (χ0v) is 12.5. The Morgan fingerprint density at radius 1 is 0.773 bits per heavy atom. The maximum absolute atomic E-state index is 13.6. The lowest BCUT2D eigenvalue weighted by Crippen LogP contribution is -2.18. The van der Waals surface area contributed by atoms with Gasteiger partial charge in [-0.05, 0) is 11.1 Å². The Balaban J connectivity index is 1.75. The van der Waals surface area contributed by atoms with Crippen LogP contribution in [0.2, 0.25) is 0 Å². The lowest BCUT2D eigenvalue weighted by molar-refractivity contribution is 0.0268. The third kappa shape index (κ3) is 6.01. The molecule has 0 saturated heterocycles. The molecule has 2 rings (SSSR count). The van der Waals surface area contributed by atoms with Gasteiger partial charge in [0.15, 0.2) is 0 Å². The first-order valence-corrected chi connectivity index (χ1v) is 7.75. The quantitative estimate of drug-likeness (QED) is 0.742. The van der Waals surface area contributed by atoms with Crippen LogP contribution >= 0.6 is 0 Å². The van der Waals surface area contributed by atoms with Crippen LogP contribution in [0, 0.1) is 0 Å². The van der Waals surface area contributed by atoms with E-state index in [4.69, 9.17) is 0 Å². The van der Waals surface area contributed by atoms with Crippen LogP contribution < -0.4 is 0 Å². The highest BCUT2D eigenvalue weighted by Gasteiger charge is 2.18. The fourth-order valence-corrected chi connectivity index (χ4v) is 2.38. The van der Waals surface area contributed by atoms with Crippen LogP contribution in [-0.2, 0) is 32.6 Å². The Morgan fingerprint density at radius 3 is 1.50 bits per heavy atom. The molecule has 2 aromatic rings. The van der Waals surface area contributed by atoms with E-state index in [-0.39, 0.29) is 12.8 Å². The van der Waals surface area contributed by atoms with Gasteiger partial charge in [0.1, 0.15) is 0 Å². The fraction of sp³-hybridized carbons (Fsp3) is 0.250. The van der Waals surface area contributed by atoms with Crippen LogP contribution in [0.25, 0.3) is 0 Å². The average molecular weight is 326 g/mol. The molecule has 0 heterocycles. The van der Waals surface area contributed by atoms with Crippen molar-refractivity contribution < 1.29 is 21.4 Å². The zero-order valence-electron chi connectivity index (χ0n) is 11.7. The van der Waals surface area contributed by atoms with Gasteiger partial charge in [-0.2, -0.15) is 4.21 Å². The van der Waals surface area contributed by atoms with Crippen molar-refractivity contribution in [3.63, 3.8) is 0 Å². The van der Waals surface area contributed by atoms with Crippen molar-refractivity contribution >= 4 is 11.4 Å². The molecule has 0 aliphatic heterocycles. The number of benzene rings is 2. The van der Waals surface area contributed by atoms with Gasteiger partial charge in [-0.3, -0.25) is 0 Å². The van der Waals surface area contributed by atoms with Gasteiger partial charge in [-0.1, -0.05) is 60.7 Å². The highest BCUT2D eigenvalue weighted by molar-refractivity contribution is 7.75. The number of alkyl halides is 2. The van der Waals surface area contributed by atoms with Crippen molar-refractivity contribution in [2.24, 2.45) is 0 Å². The topological polar surface area (TPSA) is 35.5 Å².